The van der Waals surface area contributed by atoms with Gasteiger partial charge in [0.1, 0.15) is 11.3 Å². The van der Waals surface area contributed by atoms with Crippen LogP contribution in [0.3, 0.4) is 0 Å². The smallest absolute Gasteiger partial charge is 0.346 e. The van der Waals surface area contributed by atoms with Crippen LogP contribution in [0, 0.1) is 16.7 Å². The van der Waals surface area contributed by atoms with Crippen LogP contribution in [0.2, 0.25) is 0 Å². The minimum absolute atomic E-state index is 0.0840. The van der Waals surface area contributed by atoms with Crippen LogP contribution in [0.15, 0.2) is 11.3 Å². The van der Waals surface area contributed by atoms with Crippen molar-refractivity contribution < 1.29 is 19.4 Å². The second-order valence-corrected chi connectivity index (χ2v) is 8.45. The summed E-state index contributed by atoms with van der Waals surface area (Å²) in [4.78, 5) is 24.4. The van der Waals surface area contributed by atoms with Gasteiger partial charge in [-0.2, -0.15) is 11.8 Å². The van der Waals surface area contributed by atoms with E-state index < -0.39 is 12.1 Å². The Morgan fingerprint density at radius 3 is 2.24 bits per heavy atom. The molecular weight excluding hydrogens is 288 g/mol. The highest BCUT2D eigenvalue weighted by molar-refractivity contribution is 7.99. The van der Waals surface area contributed by atoms with E-state index in [1.807, 2.05) is 40.9 Å². The highest BCUT2D eigenvalue weighted by Gasteiger charge is 2.68. The zero-order valence-electron chi connectivity index (χ0n) is 13.5. The predicted molar refractivity (Wildman–Crippen MR) is 83.2 cm³/mol. The fourth-order valence-corrected chi connectivity index (χ4v) is 3.68. The quantitative estimate of drug-likeness (QED) is 0.374. The number of allylic oxidation sites excluding steroid dienone is 1. The monoisotopic (exact) mass is 312 g/mol. The van der Waals surface area contributed by atoms with Gasteiger partial charge >= 0.3 is 5.97 Å². The van der Waals surface area contributed by atoms with E-state index in [9.17, 15) is 14.7 Å². The maximum absolute atomic E-state index is 12.4. The minimum atomic E-state index is -0.748. The number of Topliss-reactive ketones (excluding diaryl/α,β-unsaturated/α-hetero) is 1. The van der Waals surface area contributed by atoms with Crippen molar-refractivity contribution in [2.45, 2.75) is 52.4 Å². The van der Waals surface area contributed by atoms with Crippen LogP contribution in [-0.4, -0.2) is 34.5 Å². The van der Waals surface area contributed by atoms with Crippen molar-refractivity contribution in [2.75, 3.05) is 6.26 Å². The Labute approximate surface area is 130 Å². The Morgan fingerprint density at radius 2 is 1.81 bits per heavy atom. The largest absolute Gasteiger partial charge is 0.511 e. The summed E-state index contributed by atoms with van der Waals surface area (Å²) in [5, 5.41) is 10.7. The summed E-state index contributed by atoms with van der Waals surface area (Å²) < 4.78 is 5.17. The number of carbonyl (C=O) groups excluding carboxylic acids is 2. The lowest BCUT2D eigenvalue weighted by Gasteiger charge is -2.11. The van der Waals surface area contributed by atoms with Crippen LogP contribution in [0.5, 0.6) is 0 Å². The van der Waals surface area contributed by atoms with Crippen molar-refractivity contribution in [3.05, 3.63) is 11.3 Å². The number of hydrogen-bond acceptors (Lipinski definition) is 5. The van der Waals surface area contributed by atoms with E-state index in [4.69, 9.17) is 4.74 Å². The van der Waals surface area contributed by atoms with Crippen LogP contribution < -0.4 is 0 Å². The van der Waals surface area contributed by atoms with E-state index in [1.165, 1.54) is 0 Å². The van der Waals surface area contributed by atoms with E-state index in [1.54, 1.807) is 11.8 Å². The van der Waals surface area contributed by atoms with Gasteiger partial charge in [0.15, 0.2) is 6.10 Å². The van der Waals surface area contributed by atoms with Gasteiger partial charge in [0.05, 0.1) is 0 Å². The molecule has 2 aliphatic rings. The molecule has 2 atom stereocenters. The molecule has 0 amide bonds. The SMILES string of the molecule is CSC(C)CC1OC(=O)C(=C(O)C2C(C)(C)C2(C)C)C1=O. The van der Waals surface area contributed by atoms with Crippen LogP contribution in [0.25, 0.3) is 0 Å². The molecule has 0 aromatic heterocycles. The predicted octanol–water partition coefficient (Wildman–Crippen LogP) is 3.12. The van der Waals surface area contributed by atoms with E-state index in [2.05, 4.69) is 0 Å². The standard InChI is InChI=1S/C16H24O4S/c1-8(21-6)7-9-11(17)10(14(19)20-9)12(18)13-15(2,3)16(13,4)5/h8-9,13,18H,7H2,1-6H3. The Kier molecular flexibility index (Phi) is 3.94. The van der Waals surface area contributed by atoms with Gasteiger partial charge < -0.3 is 9.84 Å². The van der Waals surface area contributed by atoms with Crippen LogP contribution >= 0.6 is 11.8 Å². The molecule has 1 heterocycles. The maximum Gasteiger partial charge on any atom is 0.346 e. The molecule has 0 radical (unpaired) electrons. The Hall–Kier alpha value is -0.970. The molecule has 1 N–H and O–H groups in total. The molecule has 4 nitrogen and oxygen atoms in total. The van der Waals surface area contributed by atoms with E-state index in [0.29, 0.717) is 6.42 Å². The molecule has 0 spiro atoms. The zero-order chi connectivity index (χ0) is 16.2. The van der Waals surface area contributed by atoms with Crippen molar-refractivity contribution in [3.63, 3.8) is 0 Å². The molecule has 1 saturated carbocycles. The summed E-state index contributed by atoms with van der Waals surface area (Å²) in [7, 11) is 0. The van der Waals surface area contributed by atoms with E-state index >= 15 is 0 Å². The van der Waals surface area contributed by atoms with Gasteiger partial charge in [0.2, 0.25) is 5.78 Å². The third-order valence-electron chi connectivity index (χ3n) is 5.49. The maximum atomic E-state index is 12.4. The van der Waals surface area contributed by atoms with Gasteiger partial charge in [0.25, 0.3) is 0 Å². The first-order chi connectivity index (χ1) is 9.55. The number of ketones is 1. The minimum Gasteiger partial charge on any atom is -0.511 e. The van der Waals surface area contributed by atoms with Gasteiger partial charge in [0, 0.05) is 17.6 Å². The average molecular weight is 312 g/mol. The molecule has 118 valence electrons. The molecule has 1 saturated heterocycles. The van der Waals surface area contributed by atoms with E-state index in [0.717, 1.165) is 0 Å². The van der Waals surface area contributed by atoms with Gasteiger partial charge in [-0.05, 0) is 17.1 Å². The normalized spacial score (nSPS) is 31.0. The van der Waals surface area contributed by atoms with Crippen molar-refractivity contribution in [1.29, 1.82) is 0 Å². The summed E-state index contributed by atoms with van der Waals surface area (Å²) in [5.41, 5.74) is -0.387. The van der Waals surface area contributed by atoms with Crippen molar-refractivity contribution in [1.82, 2.24) is 0 Å². The van der Waals surface area contributed by atoms with Gasteiger partial charge in [-0.3, -0.25) is 4.79 Å². The molecule has 1 aliphatic carbocycles. The molecule has 0 aromatic rings. The Balaban J connectivity index is 2.27. The lowest BCUT2D eigenvalue weighted by Crippen LogP contribution is -2.21. The van der Waals surface area contributed by atoms with Gasteiger partial charge in [-0.25, -0.2) is 4.79 Å². The number of esters is 1. The second kappa shape index (κ2) is 5.04. The second-order valence-electron chi connectivity index (χ2n) is 7.18. The van der Waals surface area contributed by atoms with Crippen LogP contribution in [0.1, 0.15) is 41.0 Å². The molecular formula is C16H24O4S. The lowest BCUT2D eigenvalue weighted by atomic mass is 10.0. The summed E-state index contributed by atoms with van der Waals surface area (Å²) in [5.74, 6) is -1.29. The highest BCUT2D eigenvalue weighted by Crippen LogP contribution is 2.71. The number of hydrogen-bond donors (Lipinski definition) is 1. The summed E-state index contributed by atoms with van der Waals surface area (Å²) in [6.07, 6.45) is 1.69. The number of cyclic esters (lactones) is 1. The molecule has 0 bridgehead atoms. The average Bonchev–Trinajstić information content (AvgIpc) is 2.60. The third-order valence-corrected chi connectivity index (χ3v) is 6.49. The van der Waals surface area contributed by atoms with Crippen molar-refractivity contribution >= 4 is 23.5 Å². The molecule has 5 heteroatoms. The Bertz CT molecular complexity index is 504. The van der Waals surface area contributed by atoms with Crippen LogP contribution in [-0.2, 0) is 14.3 Å². The third kappa shape index (κ3) is 2.39. The number of aliphatic hydroxyl groups is 1. The van der Waals surface area contributed by atoms with Crippen LogP contribution in [0.4, 0.5) is 0 Å². The van der Waals surface area contributed by atoms with Crippen molar-refractivity contribution in [2.24, 2.45) is 16.7 Å². The summed E-state index contributed by atoms with van der Waals surface area (Å²) in [6.45, 7) is 10.1. The number of carbonyl (C=O) groups is 2. The van der Waals surface area contributed by atoms with Gasteiger partial charge in [-0.1, -0.05) is 34.6 Å². The van der Waals surface area contributed by atoms with Crippen molar-refractivity contribution in [3.8, 4) is 0 Å². The molecule has 0 aromatic carbocycles. The van der Waals surface area contributed by atoms with E-state index in [-0.39, 0.29) is 39.1 Å². The first-order valence-electron chi connectivity index (χ1n) is 7.26. The summed E-state index contributed by atoms with van der Waals surface area (Å²) >= 11 is 1.62. The number of ether oxygens (including phenoxy) is 1. The first-order valence-corrected chi connectivity index (χ1v) is 8.55. The van der Waals surface area contributed by atoms with Gasteiger partial charge in [-0.15, -0.1) is 0 Å². The zero-order valence-corrected chi connectivity index (χ0v) is 14.3. The fourth-order valence-electron chi connectivity index (χ4n) is 3.31. The molecule has 1 aliphatic heterocycles. The Morgan fingerprint density at radius 1 is 1.29 bits per heavy atom. The molecule has 2 rings (SSSR count). The number of aliphatic hydroxyl groups excluding tert-OH is 1. The lowest BCUT2D eigenvalue weighted by molar-refractivity contribution is -0.141. The molecule has 2 fully saturated rings. The number of rotatable bonds is 4. The number of thioether (sulfide) groups is 1. The molecule has 2 unspecified atom stereocenters. The summed E-state index contributed by atoms with van der Waals surface area (Å²) in [6, 6.07) is 0. The topological polar surface area (TPSA) is 63.6 Å². The first kappa shape index (κ1) is 16.4. The highest BCUT2D eigenvalue weighted by atomic mass is 32.2. The molecule has 21 heavy (non-hydrogen) atoms. The fraction of sp³-hybridized carbons (Fsp3) is 0.750.